The summed E-state index contributed by atoms with van der Waals surface area (Å²) in [5.74, 6) is 0.644. The molecule has 1 aliphatic heterocycles. The molecule has 4 aromatic rings. The van der Waals surface area contributed by atoms with Crippen LogP contribution in [-0.2, 0) is 9.53 Å². The van der Waals surface area contributed by atoms with Crippen LogP contribution in [0.5, 0.6) is 11.5 Å². The van der Waals surface area contributed by atoms with Gasteiger partial charge in [-0.25, -0.2) is 9.79 Å². The maximum atomic E-state index is 13.9. The number of nitrogens with zero attached hydrogens (tertiary/aromatic N) is 2. The number of para-hydroxylation sites is 1. The highest BCUT2D eigenvalue weighted by Gasteiger charge is 2.34. The zero-order valence-corrected chi connectivity index (χ0v) is 22.6. The lowest BCUT2D eigenvalue weighted by Crippen LogP contribution is -2.40. The number of rotatable bonds is 8. The van der Waals surface area contributed by atoms with E-state index in [-0.39, 0.29) is 12.2 Å². The summed E-state index contributed by atoms with van der Waals surface area (Å²) < 4.78 is 19.1. The van der Waals surface area contributed by atoms with Gasteiger partial charge in [0.25, 0.3) is 5.56 Å². The number of aromatic amines is 1. The molecule has 0 saturated carbocycles. The Kier molecular flexibility index (Phi) is 7.20. The van der Waals surface area contributed by atoms with Crippen molar-refractivity contribution in [2.45, 2.75) is 33.7 Å². The Balaban J connectivity index is 1.73. The van der Waals surface area contributed by atoms with Crippen LogP contribution in [0.4, 0.5) is 0 Å². The van der Waals surface area contributed by atoms with Gasteiger partial charge >= 0.3 is 5.97 Å². The number of aromatic nitrogens is 2. The van der Waals surface area contributed by atoms with Crippen molar-refractivity contribution in [3.8, 4) is 11.5 Å². The van der Waals surface area contributed by atoms with Crippen molar-refractivity contribution >= 4 is 34.3 Å². The summed E-state index contributed by atoms with van der Waals surface area (Å²) in [6.45, 7) is 8.45. The second-order valence-electron chi connectivity index (χ2n) is 8.66. The van der Waals surface area contributed by atoms with Gasteiger partial charge in [-0.05, 0) is 57.5 Å². The molecule has 0 fully saturated rings. The lowest BCUT2D eigenvalue weighted by Gasteiger charge is -2.25. The molecule has 5 rings (SSSR count). The zero-order valence-electron chi connectivity index (χ0n) is 21.7. The van der Waals surface area contributed by atoms with E-state index >= 15 is 0 Å². The first-order valence-corrected chi connectivity index (χ1v) is 13.4. The van der Waals surface area contributed by atoms with Crippen molar-refractivity contribution in [1.29, 1.82) is 0 Å². The number of carbonyl (C=O) groups excluding carboxylic acids is 1. The van der Waals surface area contributed by atoms with Crippen molar-refractivity contribution in [2.75, 3.05) is 19.8 Å². The molecular formula is C29H29N3O5S. The number of benzene rings is 2. The second kappa shape index (κ2) is 10.7. The van der Waals surface area contributed by atoms with Gasteiger partial charge in [0.15, 0.2) is 16.3 Å². The largest absolute Gasteiger partial charge is 0.490 e. The molecule has 3 heterocycles. The number of thiazole rings is 1. The van der Waals surface area contributed by atoms with Gasteiger partial charge in [-0.15, -0.1) is 0 Å². The Labute approximate surface area is 223 Å². The minimum Gasteiger partial charge on any atom is -0.490 e. The molecule has 2 aromatic heterocycles. The first-order valence-electron chi connectivity index (χ1n) is 12.6. The molecule has 0 spiro atoms. The molecule has 8 nitrogen and oxygen atoms in total. The summed E-state index contributed by atoms with van der Waals surface area (Å²) in [6, 6.07) is 12.7. The van der Waals surface area contributed by atoms with Crippen LogP contribution in [0.2, 0.25) is 0 Å². The molecule has 1 unspecified atom stereocenters. The average Bonchev–Trinajstić information content (AvgIpc) is 3.45. The van der Waals surface area contributed by atoms with Gasteiger partial charge < -0.3 is 19.2 Å². The van der Waals surface area contributed by atoms with Crippen molar-refractivity contribution in [3.05, 3.63) is 90.7 Å². The molecule has 1 N–H and O–H groups in total. The van der Waals surface area contributed by atoms with E-state index in [0.717, 1.165) is 16.5 Å². The Bertz CT molecular complexity index is 1730. The predicted octanol–water partition coefficient (Wildman–Crippen LogP) is 4.08. The lowest BCUT2D eigenvalue weighted by molar-refractivity contribution is -0.139. The van der Waals surface area contributed by atoms with Crippen LogP contribution in [0.3, 0.4) is 0 Å². The number of hydrogen-bond donors (Lipinski definition) is 1. The fourth-order valence-electron chi connectivity index (χ4n) is 4.70. The van der Waals surface area contributed by atoms with Gasteiger partial charge in [0.1, 0.15) is 0 Å². The van der Waals surface area contributed by atoms with Crippen molar-refractivity contribution in [2.24, 2.45) is 4.99 Å². The summed E-state index contributed by atoms with van der Waals surface area (Å²) in [5, 5.41) is 1.02. The van der Waals surface area contributed by atoms with Gasteiger partial charge in [-0.2, -0.15) is 0 Å². The van der Waals surface area contributed by atoms with Gasteiger partial charge in [0, 0.05) is 22.7 Å². The molecule has 1 atom stereocenters. The maximum Gasteiger partial charge on any atom is 0.338 e. The Morgan fingerprint density at radius 1 is 1.08 bits per heavy atom. The number of allylic oxidation sites excluding steroid dienone is 1. The quantitative estimate of drug-likeness (QED) is 0.346. The highest BCUT2D eigenvalue weighted by Crippen LogP contribution is 2.36. The summed E-state index contributed by atoms with van der Waals surface area (Å²) in [4.78, 5) is 35.5. The maximum absolute atomic E-state index is 13.9. The van der Waals surface area contributed by atoms with E-state index in [2.05, 4.69) is 9.98 Å². The third kappa shape index (κ3) is 4.54. The molecule has 0 saturated heterocycles. The first kappa shape index (κ1) is 25.5. The SMILES string of the molecule is CCOC(=O)C1=C(C)N=c2s/c(=C\c3c[nH]c4ccccc34)c(=O)n2C1c1ccc(OCC)c(OCC)c1. The van der Waals surface area contributed by atoms with Crippen LogP contribution in [-0.4, -0.2) is 35.3 Å². The van der Waals surface area contributed by atoms with Gasteiger partial charge in [0.2, 0.25) is 0 Å². The smallest absolute Gasteiger partial charge is 0.338 e. The van der Waals surface area contributed by atoms with E-state index < -0.39 is 12.0 Å². The van der Waals surface area contributed by atoms with Crippen molar-refractivity contribution in [1.82, 2.24) is 9.55 Å². The highest BCUT2D eigenvalue weighted by atomic mass is 32.1. The van der Waals surface area contributed by atoms with E-state index in [1.165, 1.54) is 11.3 Å². The van der Waals surface area contributed by atoms with E-state index in [0.29, 0.717) is 50.9 Å². The van der Waals surface area contributed by atoms with Crippen molar-refractivity contribution < 1.29 is 19.0 Å². The first-order chi connectivity index (χ1) is 18.5. The Hall–Kier alpha value is -4.11. The molecule has 0 radical (unpaired) electrons. The fraction of sp³-hybridized carbons (Fsp3) is 0.276. The summed E-state index contributed by atoms with van der Waals surface area (Å²) in [7, 11) is 0. The third-order valence-electron chi connectivity index (χ3n) is 6.31. The number of esters is 1. The predicted molar refractivity (Wildman–Crippen MR) is 147 cm³/mol. The standard InChI is InChI=1S/C29H29N3O5S/c1-5-35-22-13-12-18(14-23(22)36-6-2)26-25(28(34)37-7-3)17(4)31-29-32(26)27(33)24(38-29)15-19-16-30-21-11-9-8-10-20(19)21/h8-16,26,30H,5-7H2,1-4H3/b24-15-. The Morgan fingerprint density at radius 3 is 2.61 bits per heavy atom. The molecular weight excluding hydrogens is 502 g/mol. The van der Waals surface area contributed by atoms with Gasteiger partial charge in [-0.3, -0.25) is 9.36 Å². The molecule has 0 aliphatic carbocycles. The van der Waals surface area contributed by atoms with E-state index in [1.54, 1.807) is 18.4 Å². The van der Waals surface area contributed by atoms with Crippen LogP contribution >= 0.6 is 11.3 Å². The number of ether oxygens (including phenoxy) is 3. The summed E-state index contributed by atoms with van der Waals surface area (Å²) in [5.41, 5.74) is 3.20. The van der Waals surface area contributed by atoms with E-state index in [9.17, 15) is 9.59 Å². The van der Waals surface area contributed by atoms with Gasteiger partial charge in [0.05, 0.1) is 41.7 Å². The number of nitrogens with one attached hydrogen (secondary N) is 1. The van der Waals surface area contributed by atoms with Gasteiger partial charge in [-0.1, -0.05) is 35.6 Å². The minimum atomic E-state index is -0.731. The Morgan fingerprint density at radius 2 is 1.84 bits per heavy atom. The molecule has 1 aliphatic rings. The number of fused-ring (bicyclic) bond motifs is 2. The minimum absolute atomic E-state index is 0.209. The van der Waals surface area contributed by atoms with Crippen LogP contribution in [0, 0.1) is 0 Å². The summed E-state index contributed by atoms with van der Waals surface area (Å²) >= 11 is 1.30. The number of hydrogen-bond acceptors (Lipinski definition) is 7. The highest BCUT2D eigenvalue weighted by molar-refractivity contribution is 7.07. The van der Waals surface area contributed by atoms with Crippen LogP contribution < -0.4 is 24.4 Å². The molecule has 2 aromatic carbocycles. The fourth-order valence-corrected chi connectivity index (χ4v) is 5.74. The second-order valence-corrected chi connectivity index (χ2v) is 9.67. The normalized spacial score (nSPS) is 15.4. The van der Waals surface area contributed by atoms with Crippen LogP contribution in [0.1, 0.15) is 44.9 Å². The zero-order chi connectivity index (χ0) is 26.8. The summed E-state index contributed by atoms with van der Waals surface area (Å²) in [6.07, 6.45) is 3.75. The molecule has 196 valence electrons. The molecule has 38 heavy (non-hydrogen) atoms. The third-order valence-corrected chi connectivity index (χ3v) is 7.29. The molecule has 0 amide bonds. The topological polar surface area (TPSA) is 94.9 Å². The monoisotopic (exact) mass is 531 g/mol. The van der Waals surface area contributed by atoms with E-state index in [1.807, 2.05) is 68.6 Å². The average molecular weight is 532 g/mol. The van der Waals surface area contributed by atoms with E-state index in [4.69, 9.17) is 14.2 Å². The van der Waals surface area contributed by atoms with Crippen LogP contribution in [0.25, 0.3) is 17.0 Å². The van der Waals surface area contributed by atoms with Crippen molar-refractivity contribution in [3.63, 3.8) is 0 Å². The number of carbonyl (C=O) groups is 1. The molecule has 0 bridgehead atoms. The number of H-pyrrole nitrogens is 1. The van der Waals surface area contributed by atoms with Crippen LogP contribution in [0.15, 0.2) is 69.7 Å². The lowest BCUT2D eigenvalue weighted by atomic mass is 9.95. The molecule has 9 heteroatoms.